The maximum absolute atomic E-state index is 11.3. The molecule has 0 bridgehead atoms. The summed E-state index contributed by atoms with van der Waals surface area (Å²) in [6, 6.07) is 5.12. The number of aliphatic carboxylic acids is 1. The fourth-order valence-corrected chi connectivity index (χ4v) is 2.55. The second-order valence-corrected chi connectivity index (χ2v) is 5.06. The van der Waals surface area contributed by atoms with Crippen LogP contribution in [0.4, 0.5) is 5.95 Å². The van der Waals surface area contributed by atoms with E-state index in [1.54, 1.807) is 10.8 Å². The van der Waals surface area contributed by atoms with Crippen molar-refractivity contribution in [2.75, 3.05) is 18.5 Å². The fraction of sp³-hybridized carbons (Fsp3) is 0.312. The third kappa shape index (κ3) is 2.90. The third-order valence-corrected chi connectivity index (χ3v) is 3.55. The summed E-state index contributed by atoms with van der Waals surface area (Å²) in [5.74, 6) is 0.595. The molecule has 0 fully saturated rings. The minimum atomic E-state index is -1.05. The highest BCUT2D eigenvalue weighted by Gasteiger charge is 2.26. The third-order valence-electron chi connectivity index (χ3n) is 3.55. The molecular formula is C16H18N4O4. The van der Waals surface area contributed by atoms with E-state index in [-0.39, 0.29) is 5.70 Å². The van der Waals surface area contributed by atoms with Gasteiger partial charge in [-0.3, -0.25) is 0 Å². The predicted octanol–water partition coefficient (Wildman–Crippen LogP) is 2.06. The van der Waals surface area contributed by atoms with E-state index in [0.717, 1.165) is 5.56 Å². The van der Waals surface area contributed by atoms with Gasteiger partial charge in [0.15, 0.2) is 11.5 Å². The standard InChI is InChI=1S/C16H18N4O4/c1-3-23-13-6-5-10(7-14(13)24-4-2)12-8-11(15(21)22)19-16-17-9-18-20(12)16/h5-9,12H,3-4H2,1-2H3,(H,21,22)(H,17,18,19). The molecule has 0 saturated carbocycles. The fourth-order valence-electron chi connectivity index (χ4n) is 2.55. The second-order valence-electron chi connectivity index (χ2n) is 5.06. The average molecular weight is 330 g/mol. The number of fused-ring (bicyclic) bond motifs is 1. The first kappa shape index (κ1) is 15.9. The minimum absolute atomic E-state index is 0.0624. The first-order chi connectivity index (χ1) is 11.6. The Bertz CT molecular complexity index is 784. The lowest BCUT2D eigenvalue weighted by Gasteiger charge is -2.23. The van der Waals surface area contributed by atoms with E-state index in [0.29, 0.717) is 30.7 Å². The molecule has 1 aliphatic heterocycles. The zero-order valence-corrected chi connectivity index (χ0v) is 13.4. The molecule has 1 atom stereocenters. The lowest BCUT2D eigenvalue weighted by molar-refractivity contribution is -0.132. The van der Waals surface area contributed by atoms with Crippen LogP contribution in [0.5, 0.6) is 11.5 Å². The van der Waals surface area contributed by atoms with Crippen LogP contribution in [-0.2, 0) is 4.79 Å². The Hall–Kier alpha value is -3.03. The average Bonchev–Trinajstić information content (AvgIpc) is 3.04. The van der Waals surface area contributed by atoms with Gasteiger partial charge in [0.25, 0.3) is 0 Å². The Labute approximate surface area is 138 Å². The van der Waals surface area contributed by atoms with Crippen LogP contribution >= 0.6 is 0 Å². The van der Waals surface area contributed by atoms with Crippen LogP contribution in [-0.4, -0.2) is 39.1 Å². The molecule has 1 aromatic heterocycles. The molecule has 0 amide bonds. The van der Waals surface area contributed by atoms with Crippen LogP contribution in [0.1, 0.15) is 25.5 Å². The van der Waals surface area contributed by atoms with Gasteiger partial charge in [-0.2, -0.15) is 10.1 Å². The number of carboxylic acids is 1. The molecule has 3 rings (SSSR count). The number of hydrogen-bond donors (Lipinski definition) is 2. The SMILES string of the molecule is CCOc1ccc(C2C=C(C(=O)O)Nc3ncnn32)cc1OCC. The number of carboxylic acid groups (broad SMARTS) is 1. The van der Waals surface area contributed by atoms with Crippen LogP contribution in [0.15, 0.2) is 36.3 Å². The Kier molecular flexibility index (Phi) is 4.37. The molecule has 0 aliphatic carbocycles. The Morgan fingerprint density at radius 1 is 1.29 bits per heavy atom. The maximum Gasteiger partial charge on any atom is 0.352 e. The van der Waals surface area contributed by atoms with Crippen molar-refractivity contribution in [2.24, 2.45) is 0 Å². The van der Waals surface area contributed by atoms with Crippen molar-refractivity contribution in [3.05, 3.63) is 41.9 Å². The van der Waals surface area contributed by atoms with Crippen LogP contribution < -0.4 is 14.8 Å². The molecular weight excluding hydrogens is 312 g/mol. The number of nitrogens with one attached hydrogen (secondary N) is 1. The lowest BCUT2D eigenvalue weighted by atomic mass is 10.0. The summed E-state index contributed by atoms with van der Waals surface area (Å²) < 4.78 is 12.8. The number of carbonyl (C=O) groups is 1. The van der Waals surface area contributed by atoms with Crippen molar-refractivity contribution in [3.8, 4) is 11.5 Å². The summed E-state index contributed by atoms with van der Waals surface area (Å²) >= 11 is 0. The highest BCUT2D eigenvalue weighted by Crippen LogP contribution is 2.34. The van der Waals surface area contributed by atoms with Crippen LogP contribution in [0, 0.1) is 0 Å². The Morgan fingerprint density at radius 3 is 2.75 bits per heavy atom. The molecule has 0 saturated heterocycles. The van der Waals surface area contributed by atoms with Crippen molar-refractivity contribution in [1.29, 1.82) is 0 Å². The van der Waals surface area contributed by atoms with Crippen molar-refractivity contribution >= 4 is 11.9 Å². The highest BCUT2D eigenvalue weighted by atomic mass is 16.5. The summed E-state index contributed by atoms with van der Waals surface area (Å²) in [6.45, 7) is 4.83. The quantitative estimate of drug-likeness (QED) is 0.836. The molecule has 1 aromatic carbocycles. The number of benzene rings is 1. The van der Waals surface area contributed by atoms with E-state index in [1.807, 2.05) is 32.0 Å². The van der Waals surface area contributed by atoms with E-state index in [9.17, 15) is 9.90 Å². The topological polar surface area (TPSA) is 98.5 Å². The van der Waals surface area contributed by atoms with Gasteiger partial charge in [0, 0.05) is 0 Å². The molecule has 8 nitrogen and oxygen atoms in total. The second kappa shape index (κ2) is 6.61. The number of anilines is 1. The van der Waals surface area contributed by atoms with E-state index in [4.69, 9.17) is 9.47 Å². The summed E-state index contributed by atoms with van der Waals surface area (Å²) in [7, 11) is 0. The van der Waals surface area contributed by atoms with Crippen LogP contribution in [0.3, 0.4) is 0 Å². The summed E-state index contributed by atoms with van der Waals surface area (Å²) in [5.41, 5.74) is 0.890. The molecule has 2 heterocycles. The monoisotopic (exact) mass is 330 g/mol. The van der Waals surface area contributed by atoms with Gasteiger partial charge in [-0.05, 0) is 37.6 Å². The number of hydrogen-bond acceptors (Lipinski definition) is 6. The minimum Gasteiger partial charge on any atom is -0.490 e. The number of aromatic nitrogens is 3. The normalized spacial score (nSPS) is 15.9. The maximum atomic E-state index is 11.3. The molecule has 0 spiro atoms. The lowest BCUT2D eigenvalue weighted by Crippen LogP contribution is -2.24. The van der Waals surface area contributed by atoms with Gasteiger partial charge in [0.2, 0.25) is 5.95 Å². The molecule has 8 heteroatoms. The molecule has 24 heavy (non-hydrogen) atoms. The van der Waals surface area contributed by atoms with Gasteiger partial charge in [-0.25, -0.2) is 9.48 Å². The van der Waals surface area contributed by atoms with Gasteiger partial charge in [-0.1, -0.05) is 6.07 Å². The van der Waals surface area contributed by atoms with Gasteiger partial charge >= 0.3 is 5.97 Å². The first-order valence-electron chi connectivity index (χ1n) is 7.65. The predicted molar refractivity (Wildman–Crippen MR) is 86.3 cm³/mol. The molecule has 1 unspecified atom stereocenters. The summed E-state index contributed by atoms with van der Waals surface area (Å²) in [6.07, 6.45) is 2.97. The Morgan fingerprint density at radius 2 is 2.04 bits per heavy atom. The summed E-state index contributed by atoms with van der Waals surface area (Å²) in [5, 5.41) is 16.2. The van der Waals surface area contributed by atoms with Crippen LogP contribution in [0.2, 0.25) is 0 Å². The first-order valence-corrected chi connectivity index (χ1v) is 7.65. The largest absolute Gasteiger partial charge is 0.490 e. The van der Waals surface area contributed by atoms with E-state index in [1.165, 1.54) is 6.33 Å². The number of nitrogens with zero attached hydrogens (tertiary/aromatic N) is 3. The van der Waals surface area contributed by atoms with E-state index in [2.05, 4.69) is 15.4 Å². The van der Waals surface area contributed by atoms with Gasteiger partial charge in [-0.15, -0.1) is 0 Å². The smallest absolute Gasteiger partial charge is 0.352 e. The zero-order chi connectivity index (χ0) is 17.1. The molecule has 2 aromatic rings. The van der Waals surface area contributed by atoms with E-state index >= 15 is 0 Å². The van der Waals surface area contributed by atoms with Crippen molar-refractivity contribution in [1.82, 2.24) is 14.8 Å². The number of allylic oxidation sites excluding steroid dienone is 1. The highest BCUT2D eigenvalue weighted by molar-refractivity contribution is 5.90. The Balaban J connectivity index is 2.04. The number of rotatable bonds is 6. The molecule has 2 N–H and O–H groups in total. The van der Waals surface area contributed by atoms with Gasteiger partial charge in [0.1, 0.15) is 18.1 Å². The number of ether oxygens (including phenoxy) is 2. The van der Waals surface area contributed by atoms with Crippen molar-refractivity contribution in [3.63, 3.8) is 0 Å². The summed E-state index contributed by atoms with van der Waals surface area (Å²) in [4.78, 5) is 15.4. The van der Waals surface area contributed by atoms with Gasteiger partial charge in [0.05, 0.1) is 13.2 Å². The van der Waals surface area contributed by atoms with Crippen molar-refractivity contribution < 1.29 is 19.4 Å². The van der Waals surface area contributed by atoms with Crippen LogP contribution in [0.25, 0.3) is 0 Å². The molecule has 1 aliphatic rings. The molecule has 126 valence electrons. The van der Waals surface area contributed by atoms with Crippen molar-refractivity contribution in [2.45, 2.75) is 19.9 Å². The van der Waals surface area contributed by atoms with Gasteiger partial charge < -0.3 is 19.9 Å². The molecule has 0 radical (unpaired) electrons. The zero-order valence-electron chi connectivity index (χ0n) is 13.4. The van der Waals surface area contributed by atoms with E-state index < -0.39 is 12.0 Å².